The Morgan fingerprint density at radius 1 is 1.50 bits per heavy atom. The Morgan fingerprint density at radius 3 is 2.94 bits per heavy atom. The monoisotopic (exact) mass is 239 g/mol. The molecule has 4 heteroatoms. The van der Waals surface area contributed by atoms with Crippen LogP contribution in [0.5, 0.6) is 5.75 Å². The molecule has 1 aromatic rings. The quantitative estimate of drug-likeness (QED) is 0.742. The number of nitrogens with one attached hydrogen (secondary N) is 1. The van der Waals surface area contributed by atoms with Crippen LogP contribution >= 0.6 is 8.46 Å². The lowest BCUT2D eigenvalue weighted by Crippen LogP contribution is -2.22. The fourth-order valence-electron chi connectivity index (χ4n) is 1.48. The maximum atomic E-state index is 10.8. The van der Waals surface area contributed by atoms with Gasteiger partial charge in [0.2, 0.25) is 0 Å². The molecule has 3 nitrogen and oxygen atoms in total. The molecule has 88 valence electrons. The van der Waals surface area contributed by atoms with E-state index in [0.717, 1.165) is 30.7 Å². The van der Waals surface area contributed by atoms with Gasteiger partial charge in [0.05, 0.1) is 12.9 Å². The summed E-state index contributed by atoms with van der Waals surface area (Å²) in [5.41, 5.74) is 1.14. The number of rotatable bonds is 7. The Hall–Kier alpha value is -0.920. The van der Waals surface area contributed by atoms with Crippen LogP contribution in [0.2, 0.25) is 0 Å². The number of ether oxygens (including phenoxy) is 1. The number of benzene rings is 1. The molecule has 1 aromatic carbocycles. The third-order valence-corrected chi connectivity index (χ3v) is 3.06. The Morgan fingerprint density at radius 2 is 2.31 bits per heavy atom. The van der Waals surface area contributed by atoms with E-state index in [9.17, 15) is 4.57 Å². The van der Waals surface area contributed by atoms with Crippen LogP contribution in [0.25, 0.3) is 0 Å². The Kier molecular flexibility index (Phi) is 6.05. The van der Waals surface area contributed by atoms with Crippen molar-refractivity contribution in [3.63, 3.8) is 0 Å². The van der Waals surface area contributed by atoms with Crippen molar-refractivity contribution >= 4 is 8.46 Å². The lowest BCUT2D eigenvalue weighted by Gasteiger charge is -2.11. The Labute approximate surface area is 98.4 Å². The van der Waals surface area contributed by atoms with E-state index in [1.165, 1.54) is 0 Å². The summed E-state index contributed by atoms with van der Waals surface area (Å²) in [5.74, 6) is 0.905. The van der Waals surface area contributed by atoms with Crippen molar-refractivity contribution in [2.24, 2.45) is 0 Å². The molecule has 0 spiro atoms. The maximum absolute atomic E-state index is 10.8. The zero-order valence-electron chi connectivity index (χ0n) is 9.77. The van der Waals surface area contributed by atoms with Crippen LogP contribution in [-0.4, -0.2) is 12.9 Å². The molecular weight excluding hydrogens is 221 g/mol. The minimum Gasteiger partial charge on any atom is -0.497 e. The van der Waals surface area contributed by atoms with Gasteiger partial charge in [-0.3, -0.25) is 9.88 Å². The van der Waals surface area contributed by atoms with E-state index in [1.54, 1.807) is 7.11 Å². The molecule has 0 radical (unpaired) electrons. The summed E-state index contributed by atoms with van der Waals surface area (Å²) >= 11 is 0. The summed E-state index contributed by atoms with van der Waals surface area (Å²) in [6.45, 7) is 2.81. The first-order valence-electron chi connectivity index (χ1n) is 5.49. The van der Waals surface area contributed by atoms with E-state index in [-0.39, 0.29) is 14.2 Å². The van der Waals surface area contributed by atoms with Crippen LogP contribution in [0.3, 0.4) is 0 Å². The highest BCUT2D eigenvalue weighted by molar-refractivity contribution is 7.24. The molecule has 0 saturated carbocycles. The van der Waals surface area contributed by atoms with Crippen molar-refractivity contribution in [2.45, 2.75) is 32.1 Å². The Balaban J connectivity index is 2.49. The van der Waals surface area contributed by atoms with Crippen LogP contribution < -0.4 is 10.1 Å². The largest absolute Gasteiger partial charge is 0.497 e. The van der Waals surface area contributed by atoms with Gasteiger partial charge in [-0.15, -0.1) is 0 Å². The zero-order valence-corrected chi connectivity index (χ0v) is 10.7. The second kappa shape index (κ2) is 7.37. The van der Waals surface area contributed by atoms with Crippen molar-refractivity contribution in [1.82, 2.24) is 5.32 Å². The maximum Gasteiger partial charge on any atom is 0.174 e. The van der Waals surface area contributed by atoms with Gasteiger partial charge in [0.1, 0.15) is 5.75 Å². The van der Waals surface area contributed by atoms with Gasteiger partial charge in [-0.05, 0) is 24.1 Å². The fourth-order valence-corrected chi connectivity index (χ4v) is 2.01. The molecule has 0 fully saturated rings. The van der Waals surface area contributed by atoms with Crippen molar-refractivity contribution < 1.29 is 9.30 Å². The van der Waals surface area contributed by atoms with Gasteiger partial charge < -0.3 is 4.74 Å². The summed E-state index contributed by atoms with van der Waals surface area (Å²) in [5, 5.41) is 3.26. The van der Waals surface area contributed by atoms with Gasteiger partial charge in [0.25, 0.3) is 0 Å². The topological polar surface area (TPSA) is 38.3 Å². The average molecular weight is 239 g/mol. The molecule has 1 unspecified atom stereocenters. The van der Waals surface area contributed by atoms with Gasteiger partial charge in [-0.2, -0.15) is 0 Å². The summed E-state index contributed by atoms with van der Waals surface area (Å²) in [4.78, 5) is 0. The van der Waals surface area contributed by atoms with E-state index >= 15 is 0 Å². The van der Waals surface area contributed by atoms with E-state index < -0.39 is 0 Å². The van der Waals surface area contributed by atoms with Crippen molar-refractivity contribution in [1.29, 1.82) is 0 Å². The van der Waals surface area contributed by atoms with Crippen LogP contribution in [0.15, 0.2) is 24.3 Å². The van der Waals surface area contributed by atoms with E-state index in [4.69, 9.17) is 4.74 Å². The SMILES string of the molecule is CCCC(NCc1cccc(OC)c1)P=O. The highest BCUT2D eigenvalue weighted by atomic mass is 31.1. The molecule has 0 saturated heterocycles. The van der Waals surface area contributed by atoms with E-state index in [2.05, 4.69) is 12.2 Å². The standard InChI is InChI=1S/C12H18NO2P/c1-3-5-12(16-14)13-9-10-6-4-7-11(8-10)15-2/h4,6-8,12-13H,3,5,9H2,1-2H3. The molecule has 0 aliphatic carbocycles. The number of methoxy groups -OCH3 is 1. The lowest BCUT2D eigenvalue weighted by atomic mass is 10.2. The first kappa shape index (κ1) is 13.1. The second-order valence-corrected chi connectivity index (χ2v) is 4.48. The first-order valence-corrected chi connectivity index (χ1v) is 6.37. The molecule has 0 aliphatic heterocycles. The number of hydrogen-bond donors (Lipinski definition) is 1. The summed E-state index contributed by atoms with van der Waals surface area (Å²) in [7, 11) is 1.83. The van der Waals surface area contributed by atoms with Crippen LogP contribution in [0.4, 0.5) is 0 Å². The molecule has 1 N–H and O–H groups in total. The third kappa shape index (κ3) is 4.30. The van der Waals surface area contributed by atoms with E-state index in [1.807, 2.05) is 24.3 Å². The van der Waals surface area contributed by atoms with Crippen molar-refractivity contribution in [2.75, 3.05) is 7.11 Å². The molecule has 0 aromatic heterocycles. The molecule has 0 amide bonds. The molecule has 16 heavy (non-hydrogen) atoms. The van der Waals surface area contributed by atoms with Gasteiger partial charge >= 0.3 is 0 Å². The molecular formula is C12H18NO2P. The molecule has 0 bridgehead atoms. The summed E-state index contributed by atoms with van der Waals surface area (Å²) in [6.07, 6.45) is 1.96. The Bertz CT molecular complexity index is 331. The smallest absolute Gasteiger partial charge is 0.174 e. The van der Waals surface area contributed by atoms with Gasteiger partial charge in [0, 0.05) is 6.54 Å². The molecule has 1 atom stereocenters. The second-order valence-electron chi connectivity index (χ2n) is 3.64. The predicted octanol–water partition coefficient (Wildman–Crippen LogP) is 3.20. The van der Waals surface area contributed by atoms with Gasteiger partial charge in [0.15, 0.2) is 8.46 Å². The van der Waals surface area contributed by atoms with Crippen molar-refractivity contribution in [3.8, 4) is 5.75 Å². The summed E-state index contributed by atoms with van der Waals surface area (Å²) < 4.78 is 16.0. The zero-order chi connectivity index (χ0) is 11.8. The minimum atomic E-state index is 0.0520. The lowest BCUT2D eigenvalue weighted by molar-refractivity contribution is 0.414. The highest BCUT2D eigenvalue weighted by Gasteiger charge is 2.06. The van der Waals surface area contributed by atoms with E-state index in [0.29, 0.717) is 0 Å². The first-order chi connectivity index (χ1) is 7.80. The molecule has 0 aliphatic rings. The third-order valence-electron chi connectivity index (χ3n) is 2.37. The van der Waals surface area contributed by atoms with Crippen LogP contribution in [-0.2, 0) is 11.1 Å². The number of hydrogen-bond acceptors (Lipinski definition) is 3. The van der Waals surface area contributed by atoms with Crippen LogP contribution in [0, 0.1) is 0 Å². The van der Waals surface area contributed by atoms with Gasteiger partial charge in [-0.25, -0.2) is 0 Å². The minimum absolute atomic E-state index is 0.0520. The fraction of sp³-hybridized carbons (Fsp3) is 0.500. The molecule has 1 rings (SSSR count). The van der Waals surface area contributed by atoms with Gasteiger partial charge in [-0.1, -0.05) is 25.5 Å². The van der Waals surface area contributed by atoms with Crippen LogP contribution in [0.1, 0.15) is 25.3 Å². The summed E-state index contributed by atoms with van der Waals surface area (Å²) in [6, 6.07) is 7.89. The van der Waals surface area contributed by atoms with Crippen molar-refractivity contribution in [3.05, 3.63) is 29.8 Å². The predicted molar refractivity (Wildman–Crippen MR) is 66.1 cm³/mol. The average Bonchev–Trinajstić information content (AvgIpc) is 2.34. The highest BCUT2D eigenvalue weighted by Crippen LogP contribution is 2.14. The normalized spacial score (nSPS) is 12.6. The molecule has 0 heterocycles.